The lowest BCUT2D eigenvalue weighted by molar-refractivity contribution is 0.173. The fourth-order valence-corrected chi connectivity index (χ4v) is 3.26. The second kappa shape index (κ2) is 13.6. The molecule has 30 heavy (non-hydrogen) atoms. The Morgan fingerprint density at radius 2 is 1.73 bits per heavy atom. The van der Waals surface area contributed by atoms with Gasteiger partial charge < -0.3 is 15.1 Å². The van der Waals surface area contributed by atoms with Crippen LogP contribution >= 0.6 is 24.0 Å². The van der Waals surface area contributed by atoms with E-state index in [4.69, 9.17) is 4.42 Å². The molecule has 1 aromatic heterocycles. The minimum absolute atomic E-state index is 0. The molecule has 2 rings (SSSR count). The third-order valence-corrected chi connectivity index (χ3v) is 4.75. The van der Waals surface area contributed by atoms with Gasteiger partial charge in [0.15, 0.2) is 5.96 Å². The van der Waals surface area contributed by atoms with Crippen LogP contribution in [0.1, 0.15) is 39.8 Å². The van der Waals surface area contributed by atoms with Crippen molar-refractivity contribution >= 4 is 29.9 Å². The van der Waals surface area contributed by atoms with E-state index in [2.05, 4.69) is 53.2 Å². The molecule has 0 saturated heterocycles. The van der Waals surface area contributed by atoms with Crippen molar-refractivity contribution in [2.24, 2.45) is 4.99 Å². The third kappa shape index (κ3) is 8.59. The van der Waals surface area contributed by atoms with E-state index in [1.54, 1.807) is 25.4 Å². The zero-order valence-electron chi connectivity index (χ0n) is 18.6. The average Bonchev–Trinajstić information content (AvgIpc) is 3.15. The molecule has 168 valence electrons. The molecule has 0 aliphatic carbocycles. The molecule has 0 bridgehead atoms. The van der Waals surface area contributed by atoms with Crippen LogP contribution in [0.2, 0.25) is 0 Å². The molecule has 0 spiro atoms. The highest BCUT2D eigenvalue weighted by Crippen LogP contribution is 2.18. The molecule has 1 heterocycles. The van der Waals surface area contributed by atoms with Crippen molar-refractivity contribution in [3.05, 3.63) is 42.0 Å². The molecular formula is C22H35FIN5O. The third-order valence-electron chi connectivity index (χ3n) is 4.75. The van der Waals surface area contributed by atoms with Gasteiger partial charge in [-0.15, -0.1) is 24.0 Å². The number of benzene rings is 1. The maximum absolute atomic E-state index is 13.0. The molecule has 0 amide bonds. The normalized spacial score (nSPS) is 11.8. The Balaban J connectivity index is 0.00000450. The predicted octanol–water partition coefficient (Wildman–Crippen LogP) is 4.32. The Morgan fingerprint density at radius 1 is 1.10 bits per heavy atom. The van der Waals surface area contributed by atoms with Crippen molar-refractivity contribution in [3.63, 3.8) is 0 Å². The number of guanidine groups is 1. The fraction of sp³-hybridized carbons (Fsp3) is 0.545. The molecule has 0 aliphatic heterocycles. The van der Waals surface area contributed by atoms with Crippen molar-refractivity contribution in [2.75, 3.05) is 26.7 Å². The van der Waals surface area contributed by atoms with Crippen LogP contribution in [0.15, 0.2) is 39.9 Å². The Hall–Kier alpha value is -1.68. The zero-order chi connectivity index (χ0) is 21.2. The van der Waals surface area contributed by atoms with Gasteiger partial charge in [0, 0.05) is 50.7 Å². The van der Waals surface area contributed by atoms with Gasteiger partial charge in [-0.3, -0.25) is 9.89 Å². The van der Waals surface area contributed by atoms with Gasteiger partial charge in [0.1, 0.15) is 12.1 Å². The summed E-state index contributed by atoms with van der Waals surface area (Å²) in [7, 11) is 1.77. The maximum Gasteiger partial charge on any atom is 0.226 e. The number of hydrogen-bond donors (Lipinski definition) is 2. The molecule has 0 saturated carbocycles. The highest BCUT2D eigenvalue weighted by atomic mass is 127. The van der Waals surface area contributed by atoms with Crippen LogP contribution in [0.3, 0.4) is 0 Å². The summed E-state index contributed by atoms with van der Waals surface area (Å²) in [6, 6.07) is 7.23. The van der Waals surface area contributed by atoms with Crippen LogP contribution in [0.4, 0.5) is 4.39 Å². The second-order valence-corrected chi connectivity index (χ2v) is 7.61. The number of aromatic nitrogens is 1. The van der Waals surface area contributed by atoms with E-state index < -0.39 is 0 Å². The lowest BCUT2D eigenvalue weighted by Crippen LogP contribution is -2.41. The second-order valence-electron chi connectivity index (χ2n) is 7.61. The van der Waals surface area contributed by atoms with Crippen molar-refractivity contribution in [2.45, 2.75) is 52.6 Å². The minimum Gasteiger partial charge on any atom is -0.444 e. The smallest absolute Gasteiger partial charge is 0.226 e. The number of nitrogens with one attached hydrogen (secondary N) is 2. The van der Waals surface area contributed by atoms with Gasteiger partial charge in [0.05, 0.1) is 5.69 Å². The molecule has 0 atom stereocenters. The Morgan fingerprint density at radius 3 is 2.33 bits per heavy atom. The minimum atomic E-state index is -0.273. The topological polar surface area (TPSA) is 65.7 Å². The first kappa shape index (κ1) is 26.4. The summed E-state index contributed by atoms with van der Waals surface area (Å²) < 4.78 is 18.5. The first-order valence-corrected chi connectivity index (χ1v) is 10.3. The highest BCUT2D eigenvalue weighted by Gasteiger charge is 2.12. The molecule has 0 unspecified atom stereocenters. The van der Waals surface area contributed by atoms with Crippen molar-refractivity contribution in [1.29, 1.82) is 0 Å². The van der Waals surface area contributed by atoms with E-state index in [9.17, 15) is 4.39 Å². The lowest BCUT2D eigenvalue weighted by Gasteiger charge is -2.30. The molecule has 6 nitrogen and oxygen atoms in total. The van der Waals surface area contributed by atoms with Crippen LogP contribution in [0, 0.1) is 5.82 Å². The summed E-state index contributed by atoms with van der Waals surface area (Å²) in [6.45, 7) is 11.6. The SMILES string of the molecule is CN=C(NCCCN(C(C)C)C(C)C)NCCc1coc(-c2ccc(F)cc2)n1.I. The van der Waals surface area contributed by atoms with Crippen LogP contribution < -0.4 is 10.6 Å². The zero-order valence-corrected chi connectivity index (χ0v) is 20.9. The molecule has 0 aliphatic rings. The largest absolute Gasteiger partial charge is 0.444 e. The summed E-state index contributed by atoms with van der Waals surface area (Å²) in [4.78, 5) is 11.2. The van der Waals surface area contributed by atoms with Crippen molar-refractivity contribution < 1.29 is 8.81 Å². The van der Waals surface area contributed by atoms with Gasteiger partial charge in [-0.1, -0.05) is 0 Å². The fourth-order valence-electron chi connectivity index (χ4n) is 3.26. The Labute approximate surface area is 196 Å². The van der Waals surface area contributed by atoms with Gasteiger partial charge in [-0.2, -0.15) is 0 Å². The van der Waals surface area contributed by atoms with E-state index in [0.29, 0.717) is 30.9 Å². The van der Waals surface area contributed by atoms with Crippen molar-refractivity contribution in [1.82, 2.24) is 20.5 Å². The number of rotatable bonds is 10. The quantitative estimate of drug-likeness (QED) is 0.207. The van der Waals surface area contributed by atoms with Gasteiger partial charge in [0.25, 0.3) is 0 Å². The molecule has 2 aromatic rings. The van der Waals surface area contributed by atoms with Gasteiger partial charge >= 0.3 is 0 Å². The summed E-state index contributed by atoms with van der Waals surface area (Å²) >= 11 is 0. The monoisotopic (exact) mass is 531 g/mol. The molecule has 8 heteroatoms. The average molecular weight is 531 g/mol. The number of nitrogens with zero attached hydrogens (tertiary/aromatic N) is 3. The number of oxazole rings is 1. The summed E-state index contributed by atoms with van der Waals surface area (Å²) in [5.41, 5.74) is 1.61. The Bertz CT molecular complexity index is 753. The number of halogens is 2. The molecule has 2 N–H and O–H groups in total. The first-order chi connectivity index (χ1) is 13.9. The van der Waals surface area contributed by atoms with E-state index in [0.717, 1.165) is 36.7 Å². The Kier molecular flexibility index (Phi) is 11.9. The van der Waals surface area contributed by atoms with Crippen LogP contribution in [0.5, 0.6) is 0 Å². The molecule has 0 radical (unpaired) electrons. The summed E-state index contributed by atoms with van der Waals surface area (Å²) in [6.07, 6.45) is 3.41. The van der Waals surface area contributed by atoms with E-state index in [-0.39, 0.29) is 29.8 Å². The van der Waals surface area contributed by atoms with Gasteiger partial charge in [-0.05, 0) is 58.4 Å². The van der Waals surface area contributed by atoms with Crippen LogP contribution in [-0.4, -0.2) is 54.6 Å². The maximum atomic E-state index is 13.0. The number of aliphatic imine (C=N–C) groups is 1. The van der Waals surface area contributed by atoms with E-state index in [1.165, 1.54) is 12.1 Å². The standard InChI is InChI=1S/C22H34FN5O.HI/c1-16(2)28(17(3)4)14-6-12-25-22(24-5)26-13-11-20-15-29-21(27-20)18-7-9-19(23)10-8-18;/h7-10,15-17H,6,11-14H2,1-5H3,(H2,24,25,26);1H. The van der Waals surface area contributed by atoms with Gasteiger partial charge in [-0.25, -0.2) is 9.37 Å². The molecular weight excluding hydrogens is 496 g/mol. The first-order valence-electron chi connectivity index (χ1n) is 10.3. The van der Waals surface area contributed by atoms with Crippen LogP contribution in [0.25, 0.3) is 11.5 Å². The molecule has 0 fully saturated rings. The predicted molar refractivity (Wildman–Crippen MR) is 132 cm³/mol. The lowest BCUT2D eigenvalue weighted by atomic mass is 10.2. The van der Waals surface area contributed by atoms with E-state index >= 15 is 0 Å². The number of hydrogen-bond acceptors (Lipinski definition) is 4. The summed E-state index contributed by atoms with van der Waals surface area (Å²) in [5.74, 6) is 1.01. The molecule has 1 aromatic carbocycles. The van der Waals surface area contributed by atoms with E-state index in [1.807, 2.05) is 0 Å². The van der Waals surface area contributed by atoms with Crippen LogP contribution in [-0.2, 0) is 6.42 Å². The summed E-state index contributed by atoms with van der Waals surface area (Å²) in [5, 5.41) is 6.66. The van der Waals surface area contributed by atoms with Crippen molar-refractivity contribution in [3.8, 4) is 11.5 Å². The van der Waals surface area contributed by atoms with Gasteiger partial charge in [0.2, 0.25) is 5.89 Å². The highest BCUT2D eigenvalue weighted by molar-refractivity contribution is 14.0.